The molecule has 1 heterocycles. The second-order valence-corrected chi connectivity index (χ2v) is 6.12. The van der Waals surface area contributed by atoms with Crippen molar-refractivity contribution in [1.82, 2.24) is 4.90 Å². The number of halogens is 2. The van der Waals surface area contributed by atoms with Crippen molar-refractivity contribution in [2.75, 3.05) is 26.3 Å². The maximum atomic E-state index is 14.3. The summed E-state index contributed by atoms with van der Waals surface area (Å²) in [5, 5.41) is 10.6. The Balaban J connectivity index is 2.00. The van der Waals surface area contributed by atoms with Crippen LogP contribution in [-0.4, -0.2) is 42.2 Å². The molecule has 1 fully saturated rings. The number of carbonyl (C=O) groups is 1. The van der Waals surface area contributed by atoms with Gasteiger partial charge in [0.1, 0.15) is 11.6 Å². The molecule has 0 saturated carbocycles. The van der Waals surface area contributed by atoms with E-state index in [1.54, 1.807) is 11.8 Å². The first-order valence-corrected chi connectivity index (χ1v) is 8.01. The third-order valence-corrected chi connectivity index (χ3v) is 4.49. The lowest BCUT2D eigenvalue weighted by Gasteiger charge is -2.27. The number of benzene rings is 2. The van der Waals surface area contributed by atoms with Crippen molar-refractivity contribution in [3.05, 3.63) is 52.3 Å². The van der Waals surface area contributed by atoms with E-state index in [0.29, 0.717) is 42.5 Å². The summed E-state index contributed by atoms with van der Waals surface area (Å²) in [4.78, 5) is 14.2. The molecule has 1 aliphatic rings. The van der Waals surface area contributed by atoms with E-state index in [2.05, 4.69) is 0 Å². The summed E-state index contributed by atoms with van der Waals surface area (Å²) in [7, 11) is 0. The molecular formula is C18H17ClFNO3. The molecule has 0 radical (unpaired) electrons. The number of carbonyl (C=O) groups excluding carboxylic acids is 1. The SMILES string of the molecule is Cc1cc(O)c(-c2cc(C(=O)N3CCOCC3)ccc2F)cc1Cl. The molecule has 126 valence electrons. The van der Waals surface area contributed by atoms with Crippen LogP contribution in [0.1, 0.15) is 15.9 Å². The minimum atomic E-state index is -0.524. The highest BCUT2D eigenvalue weighted by molar-refractivity contribution is 6.31. The molecule has 6 heteroatoms. The molecule has 0 aliphatic carbocycles. The van der Waals surface area contributed by atoms with E-state index >= 15 is 0 Å². The number of hydrogen-bond acceptors (Lipinski definition) is 3. The lowest BCUT2D eigenvalue weighted by Crippen LogP contribution is -2.40. The zero-order valence-electron chi connectivity index (χ0n) is 13.2. The van der Waals surface area contributed by atoms with Crippen LogP contribution in [-0.2, 0) is 4.74 Å². The topological polar surface area (TPSA) is 49.8 Å². The molecule has 1 N–H and O–H groups in total. The first-order chi connectivity index (χ1) is 11.5. The number of aryl methyl sites for hydroxylation is 1. The van der Waals surface area contributed by atoms with Gasteiger partial charge in [-0.2, -0.15) is 0 Å². The summed E-state index contributed by atoms with van der Waals surface area (Å²) >= 11 is 6.09. The minimum Gasteiger partial charge on any atom is -0.507 e. The van der Waals surface area contributed by atoms with Gasteiger partial charge in [0.15, 0.2) is 0 Å². The zero-order valence-corrected chi connectivity index (χ0v) is 13.9. The average molecular weight is 350 g/mol. The second kappa shape index (κ2) is 6.79. The molecule has 3 rings (SSSR count). The van der Waals surface area contributed by atoms with Gasteiger partial charge in [0.05, 0.1) is 13.2 Å². The van der Waals surface area contributed by atoms with Crippen molar-refractivity contribution in [2.45, 2.75) is 6.92 Å². The lowest BCUT2D eigenvalue weighted by atomic mass is 9.99. The van der Waals surface area contributed by atoms with E-state index < -0.39 is 5.82 Å². The van der Waals surface area contributed by atoms with Gasteiger partial charge in [0.25, 0.3) is 5.91 Å². The maximum Gasteiger partial charge on any atom is 0.254 e. The average Bonchev–Trinajstić information content (AvgIpc) is 2.59. The molecule has 2 aromatic carbocycles. The predicted molar refractivity (Wildman–Crippen MR) is 90.0 cm³/mol. The number of ether oxygens (including phenoxy) is 1. The first kappa shape index (κ1) is 16.7. The molecule has 1 aliphatic heterocycles. The minimum absolute atomic E-state index is 0.0771. The Labute approximate surface area is 144 Å². The van der Waals surface area contributed by atoms with Crippen LogP contribution in [0.25, 0.3) is 11.1 Å². The molecular weight excluding hydrogens is 333 g/mol. The van der Waals surface area contributed by atoms with E-state index in [4.69, 9.17) is 16.3 Å². The molecule has 0 atom stereocenters. The number of amides is 1. The van der Waals surface area contributed by atoms with Crippen molar-refractivity contribution < 1.29 is 19.0 Å². The van der Waals surface area contributed by atoms with Crippen molar-refractivity contribution >= 4 is 17.5 Å². The van der Waals surface area contributed by atoms with Crippen LogP contribution in [0.4, 0.5) is 4.39 Å². The van der Waals surface area contributed by atoms with Gasteiger partial charge < -0.3 is 14.7 Å². The first-order valence-electron chi connectivity index (χ1n) is 7.63. The number of nitrogens with zero attached hydrogens (tertiary/aromatic N) is 1. The lowest BCUT2D eigenvalue weighted by molar-refractivity contribution is 0.0303. The van der Waals surface area contributed by atoms with Gasteiger partial charge in [-0.1, -0.05) is 11.6 Å². The Morgan fingerprint density at radius 2 is 1.92 bits per heavy atom. The third-order valence-electron chi connectivity index (χ3n) is 4.08. The highest BCUT2D eigenvalue weighted by Gasteiger charge is 2.21. The number of hydrogen-bond donors (Lipinski definition) is 1. The van der Waals surface area contributed by atoms with Crippen LogP contribution in [0.2, 0.25) is 5.02 Å². The normalized spacial score (nSPS) is 14.7. The van der Waals surface area contributed by atoms with Crippen LogP contribution in [0.5, 0.6) is 5.75 Å². The van der Waals surface area contributed by atoms with Crippen LogP contribution in [0, 0.1) is 12.7 Å². The number of phenolic OH excluding ortho intramolecular Hbond substituents is 1. The van der Waals surface area contributed by atoms with Crippen LogP contribution in [0.3, 0.4) is 0 Å². The van der Waals surface area contributed by atoms with Crippen LogP contribution >= 0.6 is 11.6 Å². The number of rotatable bonds is 2. The number of morpholine rings is 1. The number of aromatic hydroxyl groups is 1. The molecule has 1 saturated heterocycles. The standard InChI is InChI=1S/C18H17ClFNO3/c1-11-8-17(22)14(10-15(11)19)13-9-12(2-3-16(13)20)18(23)21-4-6-24-7-5-21/h2-3,8-10,22H,4-7H2,1H3. The van der Waals surface area contributed by atoms with E-state index in [1.807, 2.05) is 0 Å². The second-order valence-electron chi connectivity index (χ2n) is 5.72. The molecule has 1 amide bonds. The molecule has 24 heavy (non-hydrogen) atoms. The molecule has 4 nitrogen and oxygen atoms in total. The van der Waals surface area contributed by atoms with Gasteiger partial charge in [-0.3, -0.25) is 4.79 Å². The Morgan fingerprint density at radius 3 is 2.62 bits per heavy atom. The Morgan fingerprint density at radius 1 is 1.21 bits per heavy atom. The Hall–Kier alpha value is -2.11. The third kappa shape index (κ3) is 3.23. The quantitative estimate of drug-likeness (QED) is 0.900. The molecule has 0 unspecified atom stereocenters. The molecule has 0 spiro atoms. The van der Waals surface area contributed by atoms with Crippen molar-refractivity contribution in [3.63, 3.8) is 0 Å². The fourth-order valence-electron chi connectivity index (χ4n) is 2.70. The van der Waals surface area contributed by atoms with Crippen molar-refractivity contribution in [1.29, 1.82) is 0 Å². The Bertz CT molecular complexity index is 788. The number of phenols is 1. The highest BCUT2D eigenvalue weighted by atomic mass is 35.5. The van der Waals surface area contributed by atoms with Gasteiger partial charge in [0.2, 0.25) is 0 Å². The van der Waals surface area contributed by atoms with Crippen LogP contribution in [0.15, 0.2) is 30.3 Å². The van der Waals surface area contributed by atoms with Gasteiger partial charge in [-0.15, -0.1) is 0 Å². The van der Waals surface area contributed by atoms with Gasteiger partial charge >= 0.3 is 0 Å². The van der Waals surface area contributed by atoms with E-state index in [0.717, 1.165) is 0 Å². The fraction of sp³-hybridized carbons (Fsp3) is 0.278. The summed E-state index contributed by atoms with van der Waals surface area (Å²) in [6.07, 6.45) is 0. The Kier molecular flexibility index (Phi) is 4.73. The largest absolute Gasteiger partial charge is 0.507 e. The summed E-state index contributed by atoms with van der Waals surface area (Å²) in [6.45, 7) is 3.75. The van der Waals surface area contributed by atoms with Gasteiger partial charge in [-0.05, 0) is 42.8 Å². The van der Waals surface area contributed by atoms with E-state index in [-0.39, 0.29) is 22.8 Å². The smallest absolute Gasteiger partial charge is 0.254 e. The van der Waals surface area contributed by atoms with E-state index in [9.17, 15) is 14.3 Å². The predicted octanol–water partition coefficient (Wildman–Crippen LogP) is 3.63. The molecule has 2 aromatic rings. The van der Waals surface area contributed by atoms with Gasteiger partial charge in [-0.25, -0.2) is 4.39 Å². The van der Waals surface area contributed by atoms with E-state index in [1.165, 1.54) is 30.3 Å². The van der Waals surface area contributed by atoms with Gasteiger partial charge in [0, 0.05) is 34.8 Å². The van der Waals surface area contributed by atoms with Crippen molar-refractivity contribution in [2.24, 2.45) is 0 Å². The van der Waals surface area contributed by atoms with Crippen molar-refractivity contribution in [3.8, 4) is 16.9 Å². The molecule has 0 bridgehead atoms. The summed E-state index contributed by atoms with van der Waals surface area (Å²) < 4.78 is 19.5. The van der Waals surface area contributed by atoms with Crippen LogP contribution < -0.4 is 0 Å². The summed E-state index contributed by atoms with van der Waals surface area (Å²) in [6, 6.07) is 7.12. The summed E-state index contributed by atoms with van der Waals surface area (Å²) in [5.74, 6) is -0.784. The monoisotopic (exact) mass is 349 g/mol. The molecule has 0 aromatic heterocycles. The highest BCUT2D eigenvalue weighted by Crippen LogP contribution is 2.35. The fourth-order valence-corrected chi connectivity index (χ4v) is 2.86. The maximum absolute atomic E-state index is 14.3. The zero-order chi connectivity index (χ0) is 17.3. The summed E-state index contributed by atoms with van der Waals surface area (Å²) in [5.41, 5.74) is 1.47.